The minimum atomic E-state index is -0.202. The number of primary amides is 1. The summed E-state index contributed by atoms with van der Waals surface area (Å²) in [5.74, 6) is -0.212. The molecule has 1 atom stereocenters. The number of nitrogens with zero attached hydrogens (tertiary/aromatic N) is 2. The van der Waals surface area contributed by atoms with E-state index < -0.39 is 0 Å². The first-order chi connectivity index (χ1) is 13.9. The van der Waals surface area contributed by atoms with Crippen molar-refractivity contribution < 1.29 is 9.59 Å². The lowest BCUT2D eigenvalue weighted by molar-refractivity contribution is -0.123. The zero-order valence-corrected chi connectivity index (χ0v) is 18.1. The van der Waals surface area contributed by atoms with Gasteiger partial charge in [-0.2, -0.15) is 0 Å². The van der Waals surface area contributed by atoms with Crippen molar-refractivity contribution in [2.75, 3.05) is 26.2 Å². The van der Waals surface area contributed by atoms with Crippen molar-refractivity contribution in [3.8, 4) is 11.3 Å². The summed E-state index contributed by atoms with van der Waals surface area (Å²) in [6.07, 6.45) is 3.11. The molecule has 0 saturated carbocycles. The van der Waals surface area contributed by atoms with E-state index in [9.17, 15) is 9.59 Å². The molecule has 1 saturated heterocycles. The number of nitrogens with two attached hydrogens (primary N) is 1. The van der Waals surface area contributed by atoms with Crippen LogP contribution in [0, 0.1) is 19.8 Å². The van der Waals surface area contributed by atoms with Gasteiger partial charge in [-0.25, -0.2) is 4.98 Å². The van der Waals surface area contributed by atoms with Crippen LogP contribution < -0.4 is 11.1 Å². The van der Waals surface area contributed by atoms with Gasteiger partial charge in [0.2, 0.25) is 11.8 Å². The Bertz CT molecular complexity index is 847. The first-order valence-corrected chi connectivity index (χ1v) is 11.1. The van der Waals surface area contributed by atoms with Crippen molar-refractivity contribution in [1.29, 1.82) is 0 Å². The molecule has 0 bridgehead atoms. The Morgan fingerprint density at radius 1 is 1.28 bits per heavy atom. The lowest BCUT2D eigenvalue weighted by Crippen LogP contribution is -2.42. The van der Waals surface area contributed by atoms with Gasteiger partial charge in [-0.15, -0.1) is 11.3 Å². The third-order valence-corrected chi connectivity index (χ3v) is 6.30. The number of hydrogen-bond donors (Lipinski definition) is 2. The number of carbonyl (C=O) groups excluding carboxylic acids is 2. The van der Waals surface area contributed by atoms with Crippen LogP contribution in [0.4, 0.5) is 0 Å². The van der Waals surface area contributed by atoms with E-state index in [1.165, 1.54) is 5.56 Å². The quantitative estimate of drug-likeness (QED) is 0.650. The van der Waals surface area contributed by atoms with Gasteiger partial charge < -0.3 is 16.0 Å². The van der Waals surface area contributed by atoms with Gasteiger partial charge in [0.25, 0.3) is 0 Å². The van der Waals surface area contributed by atoms with E-state index in [-0.39, 0.29) is 17.7 Å². The molecular formula is C22H30N4O2S. The van der Waals surface area contributed by atoms with Gasteiger partial charge in [0.15, 0.2) is 0 Å². The first kappa shape index (κ1) is 21.5. The second-order valence-electron chi connectivity index (χ2n) is 7.79. The third kappa shape index (κ3) is 6.11. The number of likely N-dealkylation sites (tertiary alicyclic amines) is 1. The highest BCUT2D eigenvalue weighted by Crippen LogP contribution is 2.28. The van der Waals surface area contributed by atoms with E-state index in [0.29, 0.717) is 13.0 Å². The summed E-state index contributed by atoms with van der Waals surface area (Å²) in [4.78, 5) is 31.7. The lowest BCUT2D eigenvalue weighted by Gasteiger charge is -2.31. The normalized spacial score (nSPS) is 17.2. The number of hydrogen-bond acceptors (Lipinski definition) is 5. The Hall–Kier alpha value is -2.25. The molecule has 1 aliphatic rings. The maximum atomic E-state index is 12.4. The van der Waals surface area contributed by atoms with Crippen LogP contribution in [0.5, 0.6) is 0 Å². The summed E-state index contributed by atoms with van der Waals surface area (Å²) in [6.45, 7) is 7.28. The molecule has 156 valence electrons. The molecule has 2 heterocycles. The number of thiazole rings is 1. The molecule has 0 spiro atoms. The van der Waals surface area contributed by atoms with Crippen molar-refractivity contribution in [1.82, 2.24) is 15.2 Å². The number of carbonyl (C=O) groups is 2. The molecule has 1 fully saturated rings. The van der Waals surface area contributed by atoms with Gasteiger partial charge >= 0.3 is 0 Å². The molecule has 3 N–H and O–H groups in total. The zero-order chi connectivity index (χ0) is 20.8. The predicted octanol–water partition coefficient (Wildman–Crippen LogP) is 2.67. The summed E-state index contributed by atoms with van der Waals surface area (Å²) in [6, 6.07) is 8.25. The molecule has 1 aromatic heterocycles. The summed E-state index contributed by atoms with van der Waals surface area (Å²) in [7, 11) is 0. The molecule has 6 nitrogen and oxygen atoms in total. The van der Waals surface area contributed by atoms with Crippen LogP contribution >= 0.6 is 11.3 Å². The molecule has 0 aliphatic carbocycles. The topological polar surface area (TPSA) is 88.3 Å². The number of nitrogens with one attached hydrogen (secondary N) is 1. The van der Waals surface area contributed by atoms with E-state index >= 15 is 0 Å². The fourth-order valence-corrected chi connectivity index (χ4v) is 4.71. The zero-order valence-electron chi connectivity index (χ0n) is 17.2. The molecule has 1 aromatic carbocycles. The van der Waals surface area contributed by atoms with Crippen LogP contribution in [0.25, 0.3) is 11.3 Å². The van der Waals surface area contributed by atoms with Gasteiger partial charge in [0, 0.05) is 23.5 Å². The average Bonchev–Trinajstić information content (AvgIpc) is 3.06. The van der Waals surface area contributed by atoms with Gasteiger partial charge in [0.05, 0.1) is 23.0 Å². The molecule has 2 aromatic rings. The molecule has 3 rings (SSSR count). The summed E-state index contributed by atoms with van der Waals surface area (Å²) in [5.41, 5.74) is 8.60. The Kier molecular flexibility index (Phi) is 7.39. The predicted molar refractivity (Wildman–Crippen MR) is 117 cm³/mol. The smallest absolute Gasteiger partial charge is 0.225 e. The molecule has 2 amide bonds. The van der Waals surface area contributed by atoms with E-state index in [2.05, 4.69) is 46.4 Å². The maximum Gasteiger partial charge on any atom is 0.225 e. The minimum Gasteiger partial charge on any atom is -0.369 e. The fraction of sp³-hybridized carbons (Fsp3) is 0.500. The Morgan fingerprint density at radius 3 is 2.76 bits per heavy atom. The lowest BCUT2D eigenvalue weighted by atomic mass is 9.97. The Morgan fingerprint density at radius 2 is 2.03 bits per heavy atom. The number of rotatable bonds is 8. The average molecular weight is 415 g/mol. The molecule has 0 radical (unpaired) electrons. The van der Waals surface area contributed by atoms with Gasteiger partial charge in [0.1, 0.15) is 0 Å². The minimum absolute atomic E-state index is 0.0238. The van der Waals surface area contributed by atoms with Crippen LogP contribution in [0.2, 0.25) is 0 Å². The van der Waals surface area contributed by atoms with Crippen molar-refractivity contribution in [2.24, 2.45) is 11.7 Å². The highest BCUT2D eigenvalue weighted by molar-refractivity contribution is 7.12. The van der Waals surface area contributed by atoms with Crippen molar-refractivity contribution in [3.05, 3.63) is 39.7 Å². The monoisotopic (exact) mass is 414 g/mol. The summed E-state index contributed by atoms with van der Waals surface area (Å²) >= 11 is 1.58. The second kappa shape index (κ2) is 9.98. The number of aromatic nitrogens is 1. The third-order valence-electron chi connectivity index (χ3n) is 5.33. The van der Waals surface area contributed by atoms with Crippen molar-refractivity contribution in [2.45, 2.75) is 39.5 Å². The molecule has 1 aliphatic heterocycles. The molecule has 29 heavy (non-hydrogen) atoms. The van der Waals surface area contributed by atoms with E-state index in [1.807, 2.05) is 6.92 Å². The van der Waals surface area contributed by atoms with Gasteiger partial charge in [-0.05, 0) is 46.2 Å². The second-order valence-corrected chi connectivity index (χ2v) is 9.08. The standard InChI is InChI=1S/C22H30N4O2S/c1-15-6-8-17(9-7-15)21-19(29-16(2)25-21)13-20(27)24-10-4-12-26-11-3-5-18(14-26)22(23)28/h6-9,18H,3-5,10-14H2,1-2H3,(H2,23,28)(H,24,27). The highest BCUT2D eigenvalue weighted by Gasteiger charge is 2.23. The van der Waals surface area contributed by atoms with Crippen LogP contribution in [-0.4, -0.2) is 47.9 Å². The van der Waals surface area contributed by atoms with Crippen LogP contribution in [0.1, 0.15) is 34.7 Å². The first-order valence-electron chi connectivity index (χ1n) is 10.2. The van der Waals surface area contributed by atoms with Gasteiger partial charge in [-0.3, -0.25) is 9.59 Å². The summed E-state index contributed by atoms with van der Waals surface area (Å²) < 4.78 is 0. The molecular weight excluding hydrogens is 384 g/mol. The number of piperidine rings is 1. The van der Waals surface area contributed by atoms with Crippen LogP contribution in [0.3, 0.4) is 0 Å². The number of amides is 2. The van der Waals surface area contributed by atoms with E-state index in [4.69, 9.17) is 5.73 Å². The maximum absolute atomic E-state index is 12.4. The van der Waals surface area contributed by atoms with Gasteiger partial charge in [-0.1, -0.05) is 29.8 Å². The van der Waals surface area contributed by atoms with E-state index in [1.54, 1.807) is 11.3 Å². The van der Waals surface area contributed by atoms with E-state index in [0.717, 1.165) is 60.0 Å². The number of benzene rings is 1. The SMILES string of the molecule is Cc1ccc(-c2nc(C)sc2CC(=O)NCCCN2CCCC(C(N)=O)C2)cc1. The van der Waals surface area contributed by atoms with Crippen molar-refractivity contribution in [3.63, 3.8) is 0 Å². The fourth-order valence-electron chi connectivity index (χ4n) is 3.76. The van der Waals surface area contributed by atoms with Crippen LogP contribution in [0.15, 0.2) is 24.3 Å². The summed E-state index contributed by atoms with van der Waals surface area (Å²) in [5, 5.41) is 3.99. The Labute approximate surface area is 176 Å². The van der Waals surface area contributed by atoms with Crippen molar-refractivity contribution >= 4 is 23.2 Å². The largest absolute Gasteiger partial charge is 0.369 e. The highest BCUT2D eigenvalue weighted by atomic mass is 32.1. The molecule has 1 unspecified atom stereocenters. The molecule has 7 heteroatoms. The van der Waals surface area contributed by atoms with Crippen LogP contribution in [-0.2, 0) is 16.0 Å². The number of aryl methyl sites for hydroxylation is 2. The Balaban J connectivity index is 1.47.